The lowest BCUT2D eigenvalue weighted by Gasteiger charge is -2.05. The van der Waals surface area contributed by atoms with Gasteiger partial charge in [-0.2, -0.15) is 5.10 Å². The minimum Gasteiger partial charge on any atom is -0.497 e. The summed E-state index contributed by atoms with van der Waals surface area (Å²) in [6.07, 6.45) is 1.62. The summed E-state index contributed by atoms with van der Waals surface area (Å²) in [5.74, 6) is 0.281. The van der Waals surface area contributed by atoms with Crippen molar-refractivity contribution in [2.45, 2.75) is 6.92 Å². The quantitative estimate of drug-likeness (QED) is 0.486. The number of carbonyl (C=O) groups excluding carboxylic acids is 2. The molecular formula is C23H18N2O3. The van der Waals surface area contributed by atoms with Crippen LogP contribution in [-0.4, -0.2) is 28.5 Å². The van der Waals surface area contributed by atoms with Crippen LogP contribution in [0.15, 0.2) is 72.9 Å². The smallest absolute Gasteiger partial charge is 0.196 e. The molecule has 0 fully saturated rings. The first-order valence-corrected chi connectivity index (χ1v) is 8.85. The first kappa shape index (κ1) is 17.7. The summed E-state index contributed by atoms with van der Waals surface area (Å²) in [5, 5.41) is 6.24. The summed E-state index contributed by atoms with van der Waals surface area (Å²) in [7, 11) is 1.62. The van der Waals surface area contributed by atoms with Crippen molar-refractivity contribution in [3.05, 3.63) is 89.7 Å². The van der Waals surface area contributed by atoms with Crippen LogP contribution in [-0.2, 0) is 0 Å². The molecule has 0 amide bonds. The number of hydrogen-bond donors (Lipinski definition) is 0. The largest absolute Gasteiger partial charge is 0.497 e. The Labute approximate surface area is 162 Å². The first-order valence-electron chi connectivity index (χ1n) is 8.85. The number of rotatable bonds is 5. The number of Topliss-reactive ketones (excluding diaryl/α,β-unsaturated/α-hetero) is 1. The monoisotopic (exact) mass is 370 g/mol. The molecule has 4 aromatic rings. The Morgan fingerprint density at radius 1 is 0.929 bits per heavy atom. The highest BCUT2D eigenvalue weighted by Gasteiger charge is 2.21. The number of hydrogen-bond acceptors (Lipinski definition) is 4. The zero-order valence-electron chi connectivity index (χ0n) is 15.5. The van der Waals surface area contributed by atoms with Crippen molar-refractivity contribution in [1.29, 1.82) is 0 Å². The highest BCUT2D eigenvalue weighted by atomic mass is 16.5. The Kier molecular flexibility index (Phi) is 4.49. The Balaban J connectivity index is 1.78. The molecule has 1 aromatic heterocycles. The van der Waals surface area contributed by atoms with Crippen LogP contribution in [0.25, 0.3) is 16.5 Å². The number of ether oxygens (including phenoxy) is 1. The van der Waals surface area contributed by atoms with Crippen molar-refractivity contribution < 1.29 is 14.3 Å². The van der Waals surface area contributed by atoms with Gasteiger partial charge in [0.2, 0.25) is 0 Å². The van der Waals surface area contributed by atoms with E-state index >= 15 is 0 Å². The van der Waals surface area contributed by atoms with E-state index in [0.29, 0.717) is 11.1 Å². The average molecular weight is 370 g/mol. The summed E-state index contributed by atoms with van der Waals surface area (Å²) in [4.78, 5) is 25.2. The molecule has 0 atom stereocenters. The van der Waals surface area contributed by atoms with E-state index in [1.54, 1.807) is 24.1 Å². The minimum absolute atomic E-state index is 0.170. The van der Waals surface area contributed by atoms with Gasteiger partial charge in [-0.05, 0) is 41.1 Å². The second-order valence-electron chi connectivity index (χ2n) is 6.48. The standard InChI is InChI=1S/C23H18N2O3/c1-15(26)22-21(14-25(24-22)19-6-4-3-5-7-19)23(27)18-9-8-17-13-20(28-2)11-10-16(17)12-18/h3-14H,1-2H3. The molecule has 4 rings (SSSR count). The summed E-state index contributed by atoms with van der Waals surface area (Å²) < 4.78 is 6.81. The summed E-state index contributed by atoms with van der Waals surface area (Å²) in [6, 6.07) is 20.5. The molecule has 0 unspecified atom stereocenters. The molecule has 0 radical (unpaired) electrons. The Hall–Kier alpha value is -3.73. The number of methoxy groups -OCH3 is 1. The van der Waals surface area contributed by atoms with Crippen LogP contribution in [0, 0.1) is 0 Å². The van der Waals surface area contributed by atoms with Crippen molar-refractivity contribution in [3.8, 4) is 11.4 Å². The van der Waals surface area contributed by atoms with Crippen molar-refractivity contribution in [1.82, 2.24) is 9.78 Å². The van der Waals surface area contributed by atoms with E-state index < -0.39 is 0 Å². The highest BCUT2D eigenvalue weighted by molar-refractivity contribution is 6.15. The predicted octanol–water partition coefficient (Wildman–Crippen LogP) is 4.47. The average Bonchev–Trinajstić information content (AvgIpc) is 3.19. The van der Waals surface area contributed by atoms with Gasteiger partial charge in [-0.1, -0.05) is 36.4 Å². The van der Waals surface area contributed by atoms with Crippen LogP contribution in [0.1, 0.15) is 33.3 Å². The summed E-state index contributed by atoms with van der Waals surface area (Å²) >= 11 is 0. The van der Waals surface area contributed by atoms with Crippen LogP contribution in [0.2, 0.25) is 0 Å². The molecule has 0 N–H and O–H groups in total. The molecule has 0 aliphatic carbocycles. The highest BCUT2D eigenvalue weighted by Crippen LogP contribution is 2.24. The zero-order valence-corrected chi connectivity index (χ0v) is 15.5. The lowest BCUT2D eigenvalue weighted by molar-refractivity contribution is 0.0987. The second-order valence-corrected chi connectivity index (χ2v) is 6.48. The number of para-hydroxylation sites is 1. The number of nitrogens with zero attached hydrogens (tertiary/aromatic N) is 2. The maximum Gasteiger partial charge on any atom is 0.196 e. The molecule has 0 aliphatic heterocycles. The fraction of sp³-hybridized carbons (Fsp3) is 0.0870. The van der Waals surface area contributed by atoms with Gasteiger partial charge in [0.1, 0.15) is 11.4 Å². The van der Waals surface area contributed by atoms with Crippen molar-refractivity contribution >= 4 is 22.3 Å². The van der Waals surface area contributed by atoms with Crippen LogP contribution >= 0.6 is 0 Å². The molecule has 0 aliphatic rings. The van der Waals surface area contributed by atoms with Gasteiger partial charge in [0, 0.05) is 18.7 Å². The van der Waals surface area contributed by atoms with Crippen LogP contribution in [0.5, 0.6) is 5.75 Å². The maximum atomic E-state index is 13.2. The molecule has 28 heavy (non-hydrogen) atoms. The molecule has 1 heterocycles. The fourth-order valence-electron chi connectivity index (χ4n) is 3.16. The normalized spacial score (nSPS) is 10.8. The third-order valence-electron chi connectivity index (χ3n) is 4.62. The molecule has 0 spiro atoms. The molecule has 0 bridgehead atoms. The number of aromatic nitrogens is 2. The molecule has 5 nitrogen and oxygen atoms in total. The number of fused-ring (bicyclic) bond motifs is 1. The van der Waals surface area contributed by atoms with Gasteiger partial charge < -0.3 is 4.74 Å². The fourth-order valence-corrected chi connectivity index (χ4v) is 3.16. The van der Waals surface area contributed by atoms with E-state index in [2.05, 4.69) is 5.10 Å². The van der Waals surface area contributed by atoms with Gasteiger partial charge in [0.25, 0.3) is 0 Å². The SMILES string of the molecule is COc1ccc2cc(C(=O)c3cn(-c4ccccc4)nc3C(C)=O)ccc2c1. The van der Waals surface area contributed by atoms with Crippen LogP contribution in [0.4, 0.5) is 0 Å². The van der Waals surface area contributed by atoms with Crippen LogP contribution in [0.3, 0.4) is 0 Å². The van der Waals surface area contributed by atoms with Crippen molar-refractivity contribution in [2.24, 2.45) is 0 Å². The van der Waals surface area contributed by atoms with E-state index in [1.165, 1.54) is 6.92 Å². The molecule has 0 saturated heterocycles. The van der Waals surface area contributed by atoms with E-state index in [0.717, 1.165) is 22.2 Å². The number of carbonyl (C=O) groups is 2. The Morgan fingerprint density at radius 2 is 1.64 bits per heavy atom. The topological polar surface area (TPSA) is 61.2 Å². The van der Waals surface area contributed by atoms with Gasteiger partial charge >= 0.3 is 0 Å². The molecule has 0 saturated carbocycles. The lowest BCUT2D eigenvalue weighted by atomic mass is 9.99. The number of ketones is 2. The van der Waals surface area contributed by atoms with Crippen LogP contribution < -0.4 is 4.74 Å². The number of benzene rings is 3. The summed E-state index contributed by atoms with van der Waals surface area (Å²) in [6.45, 7) is 1.42. The van der Waals surface area contributed by atoms with Gasteiger partial charge in [0.15, 0.2) is 11.6 Å². The van der Waals surface area contributed by atoms with E-state index in [-0.39, 0.29) is 17.3 Å². The lowest BCUT2D eigenvalue weighted by Crippen LogP contribution is -2.06. The second kappa shape index (κ2) is 7.12. The molecule has 138 valence electrons. The van der Waals surface area contributed by atoms with Gasteiger partial charge in [-0.15, -0.1) is 0 Å². The minimum atomic E-state index is -0.247. The molecule has 5 heteroatoms. The summed E-state index contributed by atoms with van der Waals surface area (Å²) in [5.41, 5.74) is 1.76. The van der Waals surface area contributed by atoms with Gasteiger partial charge in [0.05, 0.1) is 18.4 Å². The van der Waals surface area contributed by atoms with Gasteiger partial charge in [-0.3, -0.25) is 9.59 Å². The van der Waals surface area contributed by atoms with Crippen molar-refractivity contribution in [2.75, 3.05) is 7.11 Å². The Bertz CT molecular complexity index is 1190. The molecular weight excluding hydrogens is 352 g/mol. The predicted molar refractivity (Wildman–Crippen MR) is 108 cm³/mol. The van der Waals surface area contributed by atoms with E-state index in [4.69, 9.17) is 4.74 Å². The van der Waals surface area contributed by atoms with E-state index in [9.17, 15) is 9.59 Å². The van der Waals surface area contributed by atoms with Crippen molar-refractivity contribution in [3.63, 3.8) is 0 Å². The maximum absolute atomic E-state index is 13.2. The molecule has 3 aromatic carbocycles. The Morgan fingerprint density at radius 3 is 2.36 bits per heavy atom. The van der Waals surface area contributed by atoms with E-state index in [1.807, 2.05) is 60.7 Å². The third kappa shape index (κ3) is 3.18. The van der Waals surface area contributed by atoms with Gasteiger partial charge in [-0.25, -0.2) is 4.68 Å². The third-order valence-corrected chi connectivity index (χ3v) is 4.62. The zero-order chi connectivity index (χ0) is 19.7. The first-order chi connectivity index (χ1) is 13.6.